The third kappa shape index (κ3) is 5.56. The number of benzene rings is 1. The minimum Gasteiger partial charge on any atom is -0.383 e. The number of aromatic nitrogens is 1. The molecule has 9 nitrogen and oxygen atoms in total. The molecule has 1 aliphatic rings. The number of terminal acetylenes is 1. The minimum absolute atomic E-state index is 0.0290. The number of amides is 4. The van der Waals surface area contributed by atoms with Crippen molar-refractivity contribution in [1.82, 2.24) is 14.8 Å². The Morgan fingerprint density at radius 1 is 1.43 bits per heavy atom. The number of hydrogen-bond acceptors (Lipinski definition) is 6. The molecule has 1 saturated heterocycles. The quantitative estimate of drug-likeness (QED) is 0.632. The third-order valence-electron chi connectivity index (χ3n) is 4.16. The Morgan fingerprint density at radius 2 is 2.13 bits per heavy atom. The largest absolute Gasteiger partial charge is 0.383 e. The highest BCUT2D eigenvalue weighted by Gasteiger charge is 2.26. The van der Waals surface area contributed by atoms with Gasteiger partial charge in [-0.05, 0) is 18.6 Å². The van der Waals surface area contributed by atoms with Crippen molar-refractivity contribution in [3.8, 4) is 22.9 Å². The molecule has 0 unspecified atom stereocenters. The van der Waals surface area contributed by atoms with Gasteiger partial charge in [0, 0.05) is 38.8 Å². The summed E-state index contributed by atoms with van der Waals surface area (Å²) in [7, 11) is 4.88. The summed E-state index contributed by atoms with van der Waals surface area (Å²) in [5.74, 6) is 1.69. The summed E-state index contributed by atoms with van der Waals surface area (Å²) in [5.41, 5.74) is 6.81. The molecule has 1 fully saturated rings. The lowest BCUT2D eigenvalue weighted by Crippen LogP contribution is -2.28. The average molecular weight is 430 g/mol. The van der Waals surface area contributed by atoms with E-state index in [0.717, 1.165) is 5.56 Å². The van der Waals surface area contributed by atoms with Crippen molar-refractivity contribution in [2.75, 3.05) is 33.0 Å². The number of primary amides is 1. The highest BCUT2D eigenvalue weighted by molar-refractivity contribution is 7.19. The van der Waals surface area contributed by atoms with E-state index >= 15 is 0 Å². The van der Waals surface area contributed by atoms with Gasteiger partial charge in [-0.25, -0.2) is 9.78 Å². The van der Waals surface area contributed by atoms with Crippen molar-refractivity contribution in [1.29, 1.82) is 0 Å². The van der Waals surface area contributed by atoms with Crippen LogP contribution in [0.5, 0.6) is 0 Å². The zero-order valence-electron chi connectivity index (χ0n) is 16.9. The van der Waals surface area contributed by atoms with E-state index in [9.17, 15) is 14.4 Å². The first kappa shape index (κ1) is 22.9. The molecule has 3 rings (SSSR count). The van der Waals surface area contributed by atoms with Crippen LogP contribution < -0.4 is 11.1 Å². The molecule has 4 N–H and O–H groups in total. The van der Waals surface area contributed by atoms with E-state index in [4.69, 9.17) is 17.3 Å². The van der Waals surface area contributed by atoms with E-state index in [1.54, 1.807) is 39.3 Å². The van der Waals surface area contributed by atoms with Crippen LogP contribution in [0.4, 0.5) is 9.80 Å². The Hall–Kier alpha value is -3.42. The molecule has 0 saturated carbocycles. The lowest BCUT2D eigenvalue weighted by atomic mass is 10.1. The lowest BCUT2D eigenvalue weighted by molar-refractivity contribution is -0.133. The normalized spacial score (nSPS) is 15.1. The molecule has 4 amide bonds. The summed E-state index contributed by atoms with van der Waals surface area (Å²) < 4.78 is 0. The van der Waals surface area contributed by atoms with Gasteiger partial charge in [-0.1, -0.05) is 29.4 Å². The molecular weight excluding hydrogens is 406 g/mol. The van der Waals surface area contributed by atoms with Gasteiger partial charge in [0.25, 0.3) is 11.8 Å². The number of thiazole rings is 1. The number of aliphatic hydroxyl groups is 1. The maximum absolute atomic E-state index is 11.7. The number of likely N-dealkylation sites (tertiary alicyclic amines) is 1. The average Bonchev–Trinajstić information content (AvgIpc) is 3.27. The van der Waals surface area contributed by atoms with E-state index in [1.165, 1.54) is 21.1 Å². The number of urea groups is 1. The number of nitrogens with one attached hydrogen (secondary N) is 1. The van der Waals surface area contributed by atoms with Crippen LogP contribution in [0.3, 0.4) is 0 Å². The molecule has 0 aliphatic carbocycles. The molecule has 1 aliphatic heterocycles. The van der Waals surface area contributed by atoms with Crippen LogP contribution >= 0.6 is 11.3 Å². The number of likely N-dealkylation sites (N-methyl/N-ethyl adjacent to an activating group) is 1. The van der Waals surface area contributed by atoms with Crippen LogP contribution in [0.15, 0.2) is 24.3 Å². The fourth-order valence-electron chi connectivity index (χ4n) is 2.45. The van der Waals surface area contributed by atoms with Crippen LogP contribution in [0, 0.1) is 12.3 Å². The molecule has 1 aromatic carbocycles. The van der Waals surface area contributed by atoms with Gasteiger partial charge in [0.15, 0.2) is 5.69 Å². The summed E-state index contributed by atoms with van der Waals surface area (Å²) in [6.07, 6.45) is 5.25. The van der Waals surface area contributed by atoms with E-state index in [1.807, 2.05) is 6.07 Å². The molecule has 30 heavy (non-hydrogen) atoms. The van der Waals surface area contributed by atoms with E-state index < -0.39 is 12.0 Å². The second kappa shape index (κ2) is 9.87. The lowest BCUT2D eigenvalue weighted by Gasteiger charge is -2.10. The second-order valence-corrected chi connectivity index (χ2v) is 7.67. The van der Waals surface area contributed by atoms with Crippen LogP contribution in [-0.4, -0.2) is 71.5 Å². The molecular formula is C20H23N5O4S. The molecule has 1 atom stereocenters. The summed E-state index contributed by atoms with van der Waals surface area (Å²) >= 11 is 1.17. The Labute approximate surface area is 178 Å². The molecule has 2 aromatic rings. The van der Waals surface area contributed by atoms with Crippen molar-refractivity contribution in [3.63, 3.8) is 0 Å². The summed E-state index contributed by atoms with van der Waals surface area (Å²) in [4.78, 5) is 40.9. The fourth-order valence-corrected chi connectivity index (χ4v) is 3.41. The third-order valence-corrected chi connectivity index (χ3v) is 5.18. The van der Waals surface area contributed by atoms with Crippen LogP contribution in [0.2, 0.25) is 0 Å². The van der Waals surface area contributed by atoms with Crippen molar-refractivity contribution < 1.29 is 19.5 Å². The van der Waals surface area contributed by atoms with Crippen molar-refractivity contribution >= 4 is 34.2 Å². The SMILES string of the molecule is C#Cc1cccc(-c2nc(C(N)=O)c(NC(=O)N(C)C)s2)c1.CN1CC[C@H](O)C1=O. The topological polar surface area (TPSA) is 129 Å². The highest BCUT2D eigenvalue weighted by Crippen LogP contribution is 2.32. The maximum Gasteiger partial charge on any atom is 0.321 e. The second-order valence-electron chi connectivity index (χ2n) is 6.67. The van der Waals surface area contributed by atoms with Gasteiger partial charge in [0.1, 0.15) is 16.1 Å². The van der Waals surface area contributed by atoms with Gasteiger partial charge in [-0.2, -0.15) is 0 Å². The van der Waals surface area contributed by atoms with Gasteiger partial charge >= 0.3 is 6.03 Å². The van der Waals surface area contributed by atoms with Crippen molar-refractivity contribution in [2.24, 2.45) is 5.73 Å². The summed E-state index contributed by atoms with van der Waals surface area (Å²) in [6.45, 7) is 0.694. The molecule has 2 heterocycles. The molecule has 10 heteroatoms. The first-order valence-electron chi connectivity index (χ1n) is 8.93. The van der Waals surface area contributed by atoms with Crippen LogP contribution in [0.25, 0.3) is 10.6 Å². The minimum atomic E-state index is -0.722. The Bertz CT molecular complexity index is 983. The number of rotatable bonds is 3. The number of nitrogens with zero attached hydrogens (tertiary/aromatic N) is 3. The van der Waals surface area contributed by atoms with Gasteiger partial charge in [-0.15, -0.1) is 6.42 Å². The van der Waals surface area contributed by atoms with Gasteiger partial charge in [0.2, 0.25) is 0 Å². The predicted molar refractivity (Wildman–Crippen MR) is 115 cm³/mol. The monoisotopic (exact) mass is 429 g/mol. The van der Waals surface area contributed by atoms with E-state index in [-0.39, 0.29) is 17.6 Å². The van der Waals surface area contributed by atoms with E-state index in [2.05, 4.69) is 16.2 Å². The first-order chi connectivity index (χ1) is 14.1. The Kier molecular flexibility index (Phi) is 7.52. The van der Waals surface area contributed by atoms with E-state index in [0.29, 0.717) is 28.5 Å². The number of nitrogens with two attached hydrogens (primary N) is 1. The number of carbonyl (C=O) groups excluding carboxylic acids is 3. The molecule has 158 valence electrons. The molecule has 0 radical (unpaired) electrons. The van der Waals surface area contributed by atoms with Gasteiger partial charge in [0.05, 0.1) is 0 Å². The number of carbonyl (C=O) groups is 3. The fraction of sp³-hybridized carbons (Fsp3) is 0.300. The number of aliphatic hydroxyl groups excluding tert-OH is 1. The van der Waals surface area contributed by atoms with Crippen molar-refractivity contribution in [2.45, 2.75) is 12.5 Å². The smallest absolute Gasteiger partial charge is 0.321 e. The first-order valence-corrected chi connectivity index (χ1v) is 9.74. The highest BCUT2D eigenvalue weighted by atomic mass is 32.1. The number of anilines is 1. The molecule has 1 aromatic heterocycles. The Morgan fingerprint density at radius 3 is 2.60 bits per heavy atom. The molecule has 0 spiro atoms. The summed E-state index contributed by atoms with van der Waals surface area (Å²) in [5, 5.41) is 12.3. The van der Waals surface area contributed by atoms with Crippen LogP contribution in [0.1, 0.15) is 22.5 Å². The zero-order chi connectivity index (χ0) is 22.4. The molecule has 0 bridgehead atoms. The van der Waals surface area contributed by atoms with Gasteiger partial charge in [-0.3, -0.25) is 14.9 Å². The summed E-state index contributed by atoms with van der Waals surface area (Å²) in [6, 6.07) is 6.83. The van der Waals surface area contributed by atoms with Gasteiger partial charge < -0.3 is 20.6 Å². The zero-order valence-corrected chi connectivity index (χ0v) is 17.7. The number of hydrogen-bond donors (Lipinski definition) is 3. The predicted octanol–water partition coefficient (Wildman–Crippen LogP) is 1.19. The Balaban J connectivity index is 0.000000335. The maximum atomic E-state index is 11.7. The van der Waals surface area contributed by atoms with Crippen LogP contribution in [-0.2, 0) is 4.79 Å². The van der Waals surface area contributed by atoms with Crippen molar-refractivity contribution in [3.05, 3.63) is 35.5 Å². The standard InChI is InChI=1S/C15H14N4O2S.C5H9NO2/c1-4-9-6-5-7-10(8-9)13-17-11(12(16)20)14(22-13)18-15(21)19(2)3;1-6-3-2-4(7)5(6)8/h1,5-8H,2-3H3,(H2,16,20)(H,18,21);4,7H,2-3H2,1H3/t;4-/m.0/s1.